The van der Waals surface area contributed by atoms with Crippen molar-refractivity contribution in [2.45, 2.75) is 20.3 Å². The fraction of sp³-hybridized carbons (Fsp3) is 0.273. The molecule has 0 atom stereocenters. The molecule has 0 amide bonds. The lowest BCUT2D eigenvalue weighted by atomic mass is 10.2. The second-order valence-corrected chi connectivity index (χ2v) is 6.54. The van der Waals surface area contributed by atoms with Crippen LogP contribution in [0.3, 0.4) is 0 Å². The highest BCUT2D eigenvalue weighted by Crippen LogP contribution is 2.30. The molecule has 0 aliphatic carbocycles. The maximum absolute atomic E-state index is 13.2. The first-order valence-electron chi connectivity index (χ1n) is 9.62. The monoisotopic (exact) mass is 397 g/mol. The van der Waals surface area contributed by atoms with Crippen LogP contribution in [0.1, 0.15) is 31.7 Å². The highest BCUT2D eigenvalue weighted by Gasteiger charge is 2.18. The summed E-state index contributed by atoms with van der Waals surface area (Å²) in [6.45, 7) is 6.90. The Labute approximate surface area is 169 Å². The van der Waals surface area contributed by atoms with Gasteiger partial charge in [0.25, 0.3) is 6.43 Å². The van der Waals surface area contributed by atoms with Crippen LogP contribution in [0.2, 0.25) is 0 Å². The van der Waals surface area contributed by atoms with Gasteiger partial charge in [0.2, 0.25) is 0 Å². The number of hydrogen-bond donors (Lipinski definition) is 1. The fourth-order valence-corrected chi connectivity index (χ4v) is 3.11. The molecule has 152 valence electrons. The molecule has 0 bridgehead atoms. The molecular formula is C22H25F2N5. The van der Waals surface area contributed by atoms with E-state index in [4.69, 9.17) is 10.7 Å². The predicted octanol–water partition coefficient (Wildman–Crippen LogP) is 4.81. The van der Waals surface area contributed by atoms with Crippen molar-refractivity contribution in [3.63, 3.8) is 0 Å². The second-order valence-electron chi connectivity index (χ2n) is 6.54. The number of nitrogens with zero attached hydrogens (tertiary/aromatic N) is 4. The van der Waals surface area contributed by atoms with E-state index >= 15 is 0 Å². The van der Waals surface area contributed by atoms with Crippen LogP contribution >= 0.6 is 0 Å². The van der Waals surface area contributed by atoms with E-state index in [1.165, 1.54) is 12.3 Å². The number of aromatic nitrogens is 3. The van der Waals surface area contributed by atoms with Crippen LogP contribution in [0.15, 0.2) is 54.7 Å². The van der Waals surface area contributed by atoms with Crippen molar-refractivity contribution >= 4 is 11.9 Å². The normalized spacial score (nSPS) is 11.8. The van der Waals surface area contributed by atoms with Gasteiger partial charge in [-0.25, -0.2) is 13.8 Å². The Bertz CT molecular complexity index is 963. The summed E-state index contributed by atoms with van der Waals surface area (Å²) in [5, 5.41) is 0. The van der Waals surface area contributed by atoms with E-state index in [2.05, 4.69) is 23.7 Å². The summed E-state index contributed by atoms with van der Waals surface area (Å²) in [4.78, 5) is 10.7. The molecule has 7 heteroatoms. The molecule has 0 saturated carbocycles. The molecule has 3 aromatic rings. The average Bonchev–Trinajstić information content (AvgIpc) is 3.08. The molecule has 0 radical (unpaired) electrons. The third-order valence-electron chi connectivity index (χ3n) is 4.75. The minimum absolute atomic E-state index is 0.298. The average molecular weight is 397 g/mol. The van der Waals surface area contributed by atoms with Crippen LogP contribution in [0.25, 0.3) is 23.2 Å². The molecule has 0 saturated heterocycles. The van der Waals surface area contributed by atoms with E-state index in [0.29, 0.717) is 23.0 Å². The fourth-order valence-electron chi connectivity index (χ4n) is 3.11. The third kappa shape index (κ3) is 4.68. The van der Waals surface area contributed by atoms with Crippen molar-refractivity contribution in [3.8, 4) is 17.1 Å². The van der Waals surface area contributed by atoms with Crippen LogP contribution < -0.4 is 5.73 Å². The topological polar surface area (TPSA) is 60.0 Å². The van der Waals surface area contributed by atoms with Crippen LogP contribution in [-0.4, -0.2) is 39.1 Å². The number of hydrogen-bond acceptors (Lipinski definition) is 4. The molecule has 3 rings (SSSR count). The highest BCUT2D eigenvalue weighted by molar-refractivity contribution is 5.70. The molecule has 0 fully saturated rings. The van der Waals surface area contributed by atoms with Crippen molar-refractivity contribution in [3.05, 3.63) is 66.1 Å². The molecule has 0 aliphatic rings. The minimum Gasteiger partial charge on any atom is -0.383 e. The van der Waals surface area contributed by atoms with Crippen molar-refractivity contribution in [1.82, 2.24) is 19.4 Å². The molecule has 0 unspecified atom stereocenters. The Morgan fingerprint density at radius 3 is 2.52 bits per heavy atom. The van der Waals surface area contributed by atoms with Crippen LogP contribution in [0.5, 0.6) is 0 Å². The quantitative estimate of drug-likeness (QED) is 0.593. The number of pyridine rings is 1. The maximum Gasteiger partial charge on any atom is 0.280 e. The van der Waals surface area contributed by atoms with Crippen LogP contribution in [-0.2, 0) is 0 Å². The third-order valence-corrected chi connectivity index (χ3v) is 4.75. The summed E-state index contributed by atoms with van der Waals surface area (Å²) < 4.78 is 28.0. The van der Waals surface area contributed by atoms with Crippen LogP contribution in [0, 0.1) is 0 Å². The van der Waals surface area contributed by atoms with Crippen molar-refractivity contribution in [2.24, 2.45) is 0 Å². The van der Waals surface area contributed by atoms with E-state index in [-0.39, 0.29) is 5.69 Å². The van der Waals surface area contributed by atoms with E-state index < -0.39 is 6.43 Å². The van der Waals surface area contributed by atoms with E-state index in [9.17, 15) is 8.78 Å². The number of halogens is 2. The number of benzene rings is 1. The Hall–Kier alpha value is -3.06. The van der Waals surface area contributed by atoms with Crippen molar-refractivity contribution in [2.75, 3.05) is 25.4 Å². The number of likely N-dealkylation sites (N-methyl/N-ethyl adjacent to an activating group) is 1. The molecular weight excluding hydrogens is 372 g/mol. The van der Waals surface area contributed by atoms with Gasteiger partial charge in [-0.05, 0) is 31.3 Å². The molecule has 5 nitrogen and oxygen atoms in total. The Morgan fingerprint density at radius 2 is 1.86 bits per heavy atom. The summed E-state index contributed by atoms with van der Waals surface area (Å²) in [5.74, 6) is 0.989. The van der Waals surface area contributed by atoms with E-state index in [1.54, 1.807) is 10.6 Å². The largest absolute Gasteiger partial charge is 0.383 e. The van der Waals surface area contributed by atoms with Gasteiger partial charge < -0.3 is 10.6 Å². The predicted molar refractivity (Wildman–Crippen MR) is 113 cm³/mol. The first kappa shape index (κ1) is 20.7. The number of nitrogen functional groups attached to an aromatic ring is 1. The summed E-state index contributed by atoms with van der Waals surface area (Å²) >= 11 is 0. The first-order valence-corrected chi connectivity index (χ1v) is 9.62. The summed E-state index contributed by atoms with van der Waals surface area (Å²) in [5.41, 5.74) is 8.06. The van der Waals surface area contributed by atoms with Gasteiger partial charge in [-0.3, -0.25) is 9.55 Å². The van der Waals surface area contributed by atoms with Crippen LogP contribution in [0.4, 0.5) is 14.6 Å². The maximum atomic E-state index is 13.2. The van der Waals surface area contributed by atoms with Gasteiger partial charge in [0, 0.05) is 18.3 Å². The smallest absolute Gasteiger partial charge is 0.280 e. The Morgan fingerprint density at radius 1 is 1.14 bits per heavy atom. The Balaban J connectivity index is 2.07. The standard InChI is InChI=1S/C22H25F2N5/c1-3-28(4-2)14-8-11-18-21(25)29(17-12-13-26-19(15-17)20(23)24)22(27-18)16-9-6-5-7-10-16/h5-13,15,20H,3-4,14,25H2,1-2H3/b11-8-. The number of anilines is 1. The summed E-state index contributed by atoms with van der Waals surface area (Å²) in [7, 11) is 0. The number of rotatable bonds is 8. The number of alkyl halides is 2. The van der Waals surface area contributed by atoms with Gasteiger partial charge in [-0.1, -0.05) is 50.3 Å². The van der Waals surface area contributed by atoms with E-state index in [0.717, 1.165) is 25.2 Å². The lowest BCUT2D eigenvalue weighted by Gasteiger charge is -2.14. The van der Waals surface area contributed by atoms with Crippen molar-refractivity contribution in [1.29, 1.82) is 0 Å². The SMILES string of the molecule is CCN(CC)C/C=C\c1nc(-c2ccccc2)n(-c2ccnc(C(F)F)c2)c1N. The minimum atomic E-state index is -2.66. The zero-order chi connectivity index (χ0) is 20.8. The first-order chi connectivity index (χ1) is 14.0. The summed E-state index contributed by atoms with van der Waals surface area (Å²) in [6, 6.07) is 12.5. The molecule has 2 heterocycles. The number of nitrogens with two attached hydrogens (primary N) is 1. The summed E-state index contributed by atoms with van der Waals surface area (Å²) in [6.07, 6.45) is 2.60. The lowest BCUT2D eigenvalue weighted by Crippen LogP contribution is -2.22. The van der Waals surface area contributed by atoms with Gasteiger partial charge in [0.1, 0.15) is 23.0 Å². The molecule has 0 spiro atoms. The molecule has 2 N–H and O–H groups in total. The van der Waals surface area contributed by atoms with Gasteiger partial charge in [-0.15, -0.1) is 0 Å². The zero-order valence-electron chi connectivity index (χ0n) is 16.6. The molecule has 0 aliphatic heterocycles. The highest BCUT2D eigenvalue weighted by atomic mass is 19.3. The zero-order valence-corrected chi connectivity index (χ0v) is 16.6. The molecule has 29 heavy (non-hydrogen) atoms. The second kappa shape index (κ2) is 9.43. The molecule has 1 aromatic carbocycles. The van der Waals surface area contributed by atoms with E-state index in [1.807, 2.05) is 42.5 Å². The lowest BCUT2D eigenvalue weighted by molar-refractivity contribution is 0.146. The van der Waals surface area contributed by atoms with Crippen molar-refractivity contribution < 1.29 is 8.78 Å². The van der Waals surface area contributed by atoms with Gasteiger partial charge >= 0.3 is 0 Å². The van der Waals surface area contributed by atoms with Gasteiger partial charge in [0.05, 0.1) is 5.69 Å². The number of imidazole rings is 1. The van der Waals surface area contributed by atoms with Gasteiger partial charge in [-0.2, -0.15) is 0 Å². The molecule has 2 aromatic heterocycles. The Kier molecular flexibility index (Phi) is 6.72. The van der Waals surface area contributed by atoms with Gasteiger partial charge in [0.15, 0.2) is 0 Å².